The van der Waals surface area contributed by atoms with E-state index in [-0.39, 0.29) is 54.0 Å². The number of halogens is 2. The molecular weight excluding hydrogens is 887 g/mol. The summed E-state index contributed by atoms with van der Waals surface area (Å²) < 4.78 is 35.8. The van der Waals surface area contributed by atoms with E-state index in [0.29, 0.717) is 63.5 Å². The molecule has 2 aromatic heterocycles. The number of piperidine rings is 2. The lowest BCUT2D eigenvalue weighted by Crippen LogP contribution is -2.54. The van der Waals surface area contributed by atoms with Crippen molar-refractivity contribution in [1.82, 2.24) is 30.1 Å². The number of ether oxygens (including phenoxy) is 1. The highest BCUT2D eigenvalue weighted by Gasteiger charge is 2.45. The summed E-state index contributed by atoms with van der Waals surface area (Å²) in [4.78, 5) is 69.5. The van der Waals surface area contributed by atoms with E-state index < -0.39 is 29.2 Å². The van der Waals surface area contributed by atoms with Crippen LogP contribution in [0.1, 0.15) is 76.9 Å². The summed E-state index contributed by atoms with van der Waals surface area (Å²) >= 11 is 0. The number of urea groups is 1. The van der Waals surface area contributed by atoms with Crippen LogP contribution in [0.25, 0.3) is 33.5 Å². The Labute approximate surface area is 397 Å². The molecule has 69 heavy (non-hydrogen) atoms. The maximum atomic E-state index is 15.2. The molecule has 0 unspecified atom stereocenters. The van der Waals surface area contributed by atoms with Gasteiger partial charge in [0.2, 0.25) is 5.91 Å². The molecular formula is C52H54F2N8O7. The Morgan fingerprint density at radius 2 is 1.70 bits per heavy atom. The van der Waals surface area contributed by atoms with Crippen molar-refractivity contribution >= 4 is 46.2 Å². The number of fused-ring (bicyclic) bond motifs is 1. The van der Waals surface area contributed by atoms with Crippen molar-refractivity contribution < 1.29 is 42.9 Å². The van der Waals surface area contributed by atoms with Crippen LogP contribution in [-0.4, -0.2) is 105 Å². The topological polar surface area (TPSA) is 193 Å². The van der Waals surface area contributed by atoms with Crippen LogP contribution in [0.4, 0.5) is 25.0 Å². The van der Waals surface area contributed by atoms with Gasteiger partial charge < -0.3 is 30.2 Å². The van der Waals surface area contributed by atoms with Gasteiger partial charge in [0.25, 0.3) is 11.8 Å². The van der Waals surface area contributed by atoms with Gasteiger partial charge in [-0.2, -0.15) is 0 Å². The Hall–Kier alpha value is -7.08. The summed E-state index contributed by atoms with van der Waals surface area (Å²) in [6, 6.07) is 21.0. The lowest BCUT2D eigenvalue weighted by atomic mass is 9.64. The first-order valence-corrected chi connectivity index (χ1v) is 23.0. The van der Waals surface area contributed by atoms with Crippen molar-refractivity contribution in [2.45, 2.75) is 58.6 Å². The number of aliphatic hydroxyl groups is 2. The smallest absolute Gasteiger partial charge is 0.328 e. The minimum atomic E-state index is -1.30. The Morgan fingerprint density at radius 1 is 0.942 bits per heavy atom. The molecule has 3 aliphatic heterocycles. The first-order valence-electron chi connectivity index (χ1n) is 23.0. The molecule has 9 rings (SSSR count). The van der Waals surface area contributed by atoms with Gasteiger partial charge in [0.05, 0.1) is 29.7 Å². The monoisotopic (exact) mass is 940 g/mol. The zero-order chi connectivity index (χ0) is 48.8. The minimum absolute atomic E-state index is 0.0349. The van der Waals surface area contributed by atoms with Gasteiger partial charge in [-0.3, -0.25) is 29.5 Å². The number of likely N-dealkylation sites (tertiary alicyclic amines) is 2. The molecule has 0 radical (unpaired) electrons. The predicted molar refractivity (Wildman–Crippen MR) is 256 cm³/mol. The number of aromatic nitrogens is 3. The number of hydrogen-bond donors (Lipinski definition) is 5. The second-order valence-corrected chi connectivity index (χ2v) is 18.9. The largest absolute Gasteiger partial charge is 0.495 e. The van der Waals surface area contributed by atoms with E-state index in [1.807, 2.05) is 18.2 Å². The molecule has 15 nitrogen and oxygen atoms in total. The predicted octanol–water partition coefficient (Wildman–Crippen LogP) is 7.55. The third kappa shape index (κ3) is 9.41. The van der Waals surface area contributed by atoms with Gasteiger partial charge in [-0.1, -0.05) is 30.3 Å². The highest BCUT2D eigenvalue weighted by molar-refractivity contribution is 6.07. The van der Waals surface area contributed by atoms with E-state index >= 15 is 8.78 Å². The summed E-state index contributed by atoms with van der Waals surface area (Å²) in [5, 5.41) is 26.6. The number of carbonyl (C=O) groups is 4. The van der Waals surface area contributed by atoms with Gasteiger partial charge in [0.15, 0.2) is 0 Å². The van der Waals surface area contributed by atoms with Gasteiger partial charge >= 0.3 is 6.03 Å². The SMILES string of the molecule is COc1ccc(C(=O)N2CCC3(CCN(Cc4ccc(-c5cc6c(-c7cc(F)cc(NC(=O)c8ccc(C(C)(C)O)cc8F)c7C)ncnc6[nH]5)cc4)CC3)[C@@H](CO)C2)cc1N1CCC(=O)NC1=O. The number of H-pyrrole nitrogens is 1. The molecule has 358 valence electrons. The molecule has 1 atom stereocenters. The number of anilines is 2. The minimum Gasteiger partial charge on any atom is -0.495 e. The van der Waals surface area contributed by atoms with Gasteiger partial charge in [0.1, 0.15) is 29.4 Å². The molecule has 4 aromatic carbocycles. The molecule has 1 spiro atoms. The molecule has 5 amide bonds. The lowest BCUT2D eigenvalue weighted by molar-refractivity contribution is -0.120. The number of benzene rings is 4. The summed E-state index contributed by atoms with van der Waals surface area (Å²) in [5.41, 5.74) is 4.40. The van der Waals surface area contributed by atoms with E-state index in [2.05, 4.69) is 42.6 Å². The molecule has 0 bridgehead atoms. The standard InChI is InChI=1S/C52H54F2N8O7/c1-30-38(23-36(53)24-41(30)58-48(65)37-11-10-34(22-40(37)54)51(2,3)68)46-39-25-42(57-47(39)56-29-55-46)32-7-5-31(6-8-32)26-60-18-14-52(15-19-60)16-20-61(27-35(52)28-63)49(66)33-9-12-44(69-4)43(21-33)62-17-13-45(64)59-50(62)67/h5-12,21-25,29,35,63,68H,13-20,26-28H2,1-4H3,(H,58,65)(H,55,56,57)(H,59,64,67)/t35-/m1/s1. The van der Waals surface area contributed by atoms with Gasteiger partial charge in [-0.05, 0) is 129 Å². The van der Waals surface area contributed by atoms with Crippen LogP contribution in [0.5, 0.6) is 5.75 Å². The van der Waals surface area contributed by atoms with Crippen LogP contribution in [0.15, 0.2) is 85.2 Å². The first kappa shape index (κ1) is 47.0. The second kappa shape index (κ2) is 18.8. The Bertz CT molecular complexity index is 2980. The fourth-order valence-corrected chi connectivity index (χ4v) is 10.1. The Kier molecular flexibility index (Phi) is 12.8. The molecule has 5 heterocycles. The normalized spacial score (nSPS) is 17.6. The van der Waals surface area contributed by atoms with Crippen LogP contribution < -0.4 is 20.3 Å². The fraction of sp³-hybridized carbons (Fsp3) is 0.346. The quantitative estimate of drug-likeness (QED) is 0.0867. The van der Waals surface area contributed by atoms with Gasteiger partial charge in [-0.25, -0.2) is 23.5 Å². The third-order valence-corrected chi connectivity index (χ3v) is 14.2. The number of imide groups is 1. The van der Waals surface area contributed by atoms with E-state index in [4.69, 9.17) is 4.74 Å². The van der Waals surface area contributed by atoms with Gasteiger partial charge in [-0.15, -0.1) is 0 Å². The number of aromatic amines is 1. The van der Waals surface area contributed by atoms with Crippen molar-refractivity contribution in [2.24, 2.45) is 11.3 Å². The molecule has 3 fully saturated rings. The molecule has 5 N–H and O–H groups in total. The average molecular weight is 941 g/mol. The number of methoxy groups -OCH3 is 1. The van der Waals surface area contributed by atoms with E-state index in [9.17, 15) is 29.4 Å². The van der Waals surface area contributed by atoms with E-state index in [1.54, 1.807) is 30.0 Å². The maximum absolute atomic E-state index is 15.2. The zero-order valence-electron chi connectivity index (χ0n) is 38.9. The fourth-order valence-electron chi connectivity index (χ4n) is 10.1. The number of nitrogens with one attached hydrogen (secondary N) is 3. The highest BCUT2D eigenvalue weighted by Crippen LogP contribution is 2.46. The van der Waals surface area contributed by atoms with Crippen LogP contribution in [0.2, 0.25) is 0 Å². The van der Waals surface area contributed by atoms with Crippen LogP contribution >= 0.6 is 0 Å². The number of hydrogen-bond acceptors (Lipinski definition) is 10. The second-order valence-electron chi connectivity index (χ2n) is 18.9. The van der Waals surface area contributed by atoms with Crippen molar-refractivity contribution in [1.29, 1.82) is 0 Å². The molecule has 6 aromatic rings. The number of carbonyl (C=O) groups excluding carboxylic acids is 4. The summed E-state index contributed by atoms with van der Waals surface area (Å²) in [6.45, 7) is 8.29. The van der Waals surface area contributed by atoms with Crippen LogP contribution in [0, 0.1) is 29.9 Å². The molecule has 3 aliphatic rings. The van der Waals surface area contributed by atoms with Crippen molar-refractivity contribution in [3.8, 4) is 28.3 Å². The van der Waals surface area contributed by atoms with Crippen molar-refractivity contribution in [2.75, 3.05) is 56.7 Å². The highest BCUT2D eigenvalue weighted by atomic mass is 19.1. The lowest BCUT2D eigenvalue weighted by Gasteiger charge is -2.51. The van der Waals surface area contributed by atoms with Gasteiger partial charge in [0, 0.05) is 73.0 Å². The number of nitrogens with zero attached hydrogens (tertiary/aromatic N) is 5. The average Bonchev–Trinajstić information content (AvgIpc) is 3.78. The van der Waals surface area contributed by atoms with E-state index in [0.717, 1.165) is 61.8 Å². The number of aliphatic hydroxyl groups excluding tert-OH is 1. The molecule has 17 heteroatoms. The summed E-state index contributed by atoms with van der Waals surface area (Å²) in [6.07, 6.45) is 4.07. The van der Waals surface area contributed by atoms with Crippen LogP contribution in [0.3, 0.4) is 0 Å². The third-order valence-electron chi connectivity index (χ3n) is 14.2. The Balaban J connectivity index is 0.837. The zero-order valence-corrected chi connectivity index (χ0v) is 38.9. The Morgan fingerprint density at radius 3 is 2.39 bits per heavy atom. The molecule has 0 saturated carbocycles. The van der Waals surface area contributed by atoms with Crippen molar-refractivity contribution in [3.05, 3.63) is 125 Å². The number of amides is 5. The van der Waals surface area contributed by atoms with Crippen LogP contribution in [-0.2, 0) is 16.9 Å². The molecule has 3 saturated heterocycles. The van der Waals surface area contributed by atoms with E-state index in [1.165, 1.54) is 56.4 Å². The first-order chi connectivity index (χ1) is 33.0. The number of rotatable bonds is 11. The molecule has 0 aliphatic carbocycles. The van der Waals surface area contributed by atoms with Crippen molar-refractivity contribution in [3.63, 3.8) is 0 Å². The summed E-state index contributed by atoms with van der Waals surface area (Å²) in [5.74, 6) is -2.42. The maximum Gasteiger partial charge on any atom is 0.328 e. The summed E-state index contributed by atoms with van der Waals surface area (Å²) in [7, 11) is 1.49.